The highest BCUT2D eigenvalue weighted by Gasteiger charge is 2.20. The molecule has 0 aliphatic carbocycles. The van der Waals surface area contributed by atoms with E-state index >= 15 is 0 Å². The molecule has 0 unspecified atom stereocenters. The maximum absolute atomic E-state index is 12.9. The molecule has 0 saturated heterocycles. The molecule has 0 bridgehead atoms. The fourth-order valence-electron chi connectivity index (χ4n) is 2.99. The quantitative estimate of drug-likeness (QED) is 0.792. The molecule has 2 aromatic carbocycles. The molecule has 0 atom stereocenters. The summed E-state index contributed by atoms with van der Waals surface area (Å²) >= 11 is 0. The van der Waals surface area contributed by atoms with Crippen LogP contribution in [0.5, 0.6) is 0 Å². The molecule has 3 rings (SSSR count). The van der Waals surface area contributed by atoms with Gasteiger partial charge in [0.2, 0.25) is 0 Å². The second kappa shape index (κ2) is 5.66. The van der Waals surface area contributed by atoms with Gasteiger partial charge in [-0.25, -0.2) is 8.42 Å². The van der Waals surface area contributed by atoms with Crippen molar-refractivity contribution in [2.24, 2.45) is 0 Å². The van der Waals surface area contributed by atoms with E-state index in [1.165, 1.54) is 0 Å². The highest BCUT2D eigenvalue weighted by atomic mass is 32.2. The van der Waals surface area contributed by atoms with Gasteiger partial charge in [-0.2, -0.15) is 0 Å². The number of benzene rings is 2. The molecule has 0 amide bonds. The van der Waals surface area contributed by atoms with Gasteiger partial charge in [-0.1, -0.05) is 29.8 Å². The van der Waals surface area contributed by atoms with Crippen molar-refractivity contribution in [2.45, 2.75) is 25.7 Å². The summed E-state index contributed by atoms with van der Waals surface area (Å²) < 4.78 is 28.4. The van der Waals surface area contributed by atoms with E-state index in [0.29, 0.717) is 10.6 Å². The standard InChI is InChI=1S/C18H18N2O2S/c1-12-9-13(2)18(14(3)10-12)23(21,22)20-17-6-4-5-15-7-8-19-11-16(15)17/h4-11,20H,1-3H3. The van der Waals surface area contributed by atoms with Gasteiger partial charge in [0.1, 0.15) is 0 Å². The molecule has 23 heavy (non-hydrogen) atoms. The number of nitrogens with zero attached hydrogens (tertiary/aromatic N) is 1. The molecule has 0 saturated carbocycles. The lowest BCUT2D eigenvalue weighted by Crippen LogP contribution is -2.16. The van der Waals surface area contributed by atoms with Crippen LogP contribution in [0.25, 0.3) is 10.8 Å². The summed E-state index contributed by atoms with van der Waals surface area (Å²) in [6.45, 7) is 5.60. The molecular formula is C18H18N2O2S. The minimum absolute atomic E-state index is 0.337. The molecule has 1 heterocycles. The van der Waals surface area contributed by atoms with Crippen LogP contribution in [0.1, 0.15) is 16.7 Å². The van der Waals surface area contributed by atoms with Crippen LogP contribution >= 0.6 is 0 Å². The van der Waals surface area contributed by atoms with Crippen molar-refractivity contribution >= 4 is 26.5 Å². The third kappa shape index (κ3) is 2.92. The van der Waals surface area contributed by atoms with Gasteiger partial charge in [-0.05, 0) is 49.4 Å². The van der Waals surface area contributed by atoms with Crippen molar-refractivity contribution in [3.63, 3.8) is 0 Å². The number of pyridine rings is 1. The van der Waals surface area contributed by atoms with Gasteiger partial charge in [-0.3, -0.25) is 9.71 Å². The largest absolute Gasteiger partial charge is 0.279 e. The number of hydrogen-bond donors (Lipinski definition) is 1. The number of fused-ring (bicyclic) bond motifs is 1. The Balaban J connectivity index is 2.12. The first kappa shape index (κ1) is 15.5. The Morgan fingerprint density at radius 2 is 1.70 bits per heavy atom. The Labute approximate surface area is 136 Å². The Hall–Kier alpha value is -2.40. The number of aromatic nitrogens is 1. The number of aryl methyl sites for hydroxylation is 3. The zero-order valence-corrected chi connectivity index (χ0v) is 14.1. The second-order valence-corrected chi connectivity index (χ2v) is 7.35. The van der Waals surface area contributed by atoms with Gasteiger partial charge in [-0.15, -0.1) is 0 Å². The van der Waals surface area contributed by atoms with Crippen molar-refractivity contribution in [1.82, 2.24) is 4.98 Å². The van der Waals surface area contributed by atoms with Crippen LogP contribution in [0.2, 0.25) is 0 Å². The van der Waals surface area contributed by atoms with Gasteiger partial charge >= 0.3 is 0 Å². The first-order valence-electron chi connectivity index (χ1n) is 7.32. The van der Waals surface area contributed by atoms with Crippen LogP contribution in [0.15, 0.2) is 53.7 Å². The summed E-state index contributed by atoms with van der Waals surface area (Å²) in [4.78, 5) is 4.43. The van der Waals surface area contributed by atoms with Crippen LogP contribution < -0.4 is 4.72 Å². The zero-order valence-electron chi connectivity index (χ0n) is 13.3. The van der Waals surface area contributed by atoms with Crippen LogP contribution in [-0.2, 0) is 10.0 Å². The van der Waals surface area contributed by atoms with E-state index in [0.717, 1.165) is 27.5 Å². The monoisotopic (exact) mass is 326 g/mol. The molecule has 118 valence electrons. The summed E-state index contributed by atoms with van der Waals surface area (Å²) in [5.74, 6) is 0. The summed E-state index contributed by atoms with van der Waals surface area (Å²) in [5, 5.41) is 1.72. The van der Waals surface area contributed by atoms with Crippen molar-refractivity contribution in [2.75, 3.05) is 4.72 Å². The third-order valence-corrected chi connectivity index (χ3v) is 5.47. The molecule has 3 aromatic rings. The van der Waals surface area contributed by atoms with Crippen LogP contribution in [-0.4, -0.2) is 13.4 Å². The fraction of sp³-hybridized carbons (Fsp3) is 0.167. The lowest BCUT2D eigenvalue weighted by atomic mass is 10.1. The molecule has 4 nitrogen and oxygen atoms in total. The number of anilines is 1. The SMILES string of the molecule is Cc1cc(C)c(S(=O)(=O)Nc2cccc3ccncc23)c(C)c1. The van der Waals surface area contributed by atoms with E-state index < -0.39 is 10.0 Å². The molecule has 0 aliphatic rings. The average molecular weight is 326 g/mol. The average Bonchev–Trinajstić information content (AvgIpc) is 2.45. The van der Waals surface area contributed by atoms with Gasteiger partial charge in [0.15, 0.2) is 0 Å². The molecule has 5 heteroatoms. The minimum Gasteiger partial charge on any atom is -0.279 e. The minimum atomic E-state index is -3.66. The normalized spacial score (nSPS) is 11.6. The predicted molar refractivity (Wildman–Crippen MR) is 93.2 cm³/mol. The number of rotatable bonds is 3. The van der Waals surface area contributed by atoms with Crippen LogP contribution in [0, 0.1) is 20.8 Å². The smallest absolute Gasteiger partial charge is 0.262 e. The first-order valence-corrected chi connectivity index (χ1v) is 8.80. The number of nitrogens with one attached hydrogen (secondary N) is 1. The first-order chi connectivity index (χ1) is 10.9. The molecular weight excluding hydrogens is 308 g/mol. The van der Waals surface area contributed by atoms with E-state index in [-0.39, 0.29) is 0 Å². The summed E-state index contributed by atoms with van der Waals surface area (Å²) in [5.41, 5.74) is 3.07. The van der Waals surface area contributed by atoms with Gasteiger partial charge < -0.3 is 0 Å². The Morgan fingerprint density at radius 3 is 2.39 bits per heavy atom. The van der Waals surface area contributed by atoms with Crippen LogP contribution in [0.4, 0.5) is 5.69 Å². The molecule has 0 spiro atoms. The van der Waals surface area contributed by atoms with E-state index in [2.05, 4.69) is 9.71 Å². The maximum atomic E-state index is 12.9. The van der Waals surface area contributed by atoms with E-state index in [9.17, 15) is 8.42 Å². The molecule has 0 aliphatic heterocycles. The number of sulfonamides is 1. The van der Waals surface area contributed by atoms with Crippen LogP contribution in [0.3, 0.4) is 0 Å². The molecule has 1 aromatic heterocycles. The zero-order chi connectivity index (χ0) is 16.6. The summed E-state index contributed by atoms with van der Waals surface area (Å²) in [6, 6.07) is 11.1. The predicted octanol–water partition coefficient (Wildman–Crippen LogP) is 3.96. The highest BCUT2D eigenvalue weighted by molar-refractivity contribution is 7.92. The molecule has 0 fully saturated rings. The van der Waals surface area contributed by atoms with Crippen molar-refractivity contribution in [3.05, 3.63) is 65.5 Å². The Morgan fingerprint density at radius 1 is 1.00 bits per heavy atom. The van der Waals surface area contributed by atoms with Crippen molar-refractivity contribution < 1.29 is 8.42 Å². The van der Waals surface area contributed by atoms with Crippen molar-refractivity contribution in [3.8, 4) is 0 Å². The summed E-state index contributed by atoms with van der Waals surface area (Å²) in [7, 11) is -3.66. The topological polar surface area (TPSA) is 59.1 Å². The molecule has 1 N–H and O–H groups in total. The maximum Gasteiger partial charge on any atom is 0.262 e. The highest BCUT2D eigenvalue weighted by Crippen LogP contribution is 2.28. The Bertz CT molecular complexity index is 967. The lowest BCUT2D eigenvalue weighted by Gasteiger charge is -2.15. The van der Waals surface area contributed by atoms with Gasteiger partial charge in [0.25, 0.3) is 10.0 Å². The van der Waals surface area contributed by atoms with E-state index in [1.807, 2.05) is 51.1 Å². The van der Waals surface area contributed by atoms with E-state index in [1.54, 1.807) is 18.5 Å². The lowest BCUT2D eigenvalue weighted by molar-refractivity contribution is 0.600. The van der Waals surface area contributed by atoms with E-state index in [4.69, 9.17) is 0 Å². The van der Waals surface area contributed by atoms with Crippen molar-refractivity contribution in [1.29, 1.82) is 0 Å². The Kier molecular flexibility index (Phi) is 3.82. The van der Waals surface area contributed by atoms with Gasteiger partial charge in [0, 0.05) is 17.8 Å². The number of hydrogen-bond acceptors (Lipinski definition) is 3. The fourth-order valence-corrected chi connectivity index (χ4v) is 4.52. The second-order valence-electron chi connectivity index (χ2n) is 5.74. The molecule has 0 radical (unpaired) electrons. The third-order valence-electron chi connectivity index (χ3n) is 3.80. The summed E-state index contributed by atoms with van der Waals surface area (Å²) in [6.07, 6.45) is 3.36. The van der Waals surface area contributed by atoms with Gasteiger partial charge in [0.05, 0.1) is 10.6 Å².